The quantitative estimate of drug-likeness (QED) is 0.179. The van der Waals surface area contributed by atoms with Gasteiger partial charge in [0.05, 0.1) is 0 Å². The average molecular weight is 659 g/mol. The molecule has 1 unspecified atom stereocenters. The number of nitrogens with one attached hydrogen (secondary N) is 1. The Bertz CT molecular complexity index is 1770. The van der Waals surface area contributed by atoms with Gasteiger partial charge in [-0.3, -0.25) is 9.59 Å². The first-order valence-corrected chi connectivity index (χ1v) is 17.4. The van der Waals surface area contributed by atoms with Crippen molar-refractivity contribution < 1.29 is 24.2 Å². The van der Waals surface area contributed by atoms with E-state index in [-0.39, 0.29) is 17.7 Å². The number of carboxylic acids is 1. The number of ether oxygens (including phenoxy) is 1. The molecule has 7 nitrogen and oxygen atoms in total. The molecule has 1 heterocycles. The molecule has 7 heteroatoms. The Morgan fingerprint density at radius 2 is 1.51 bits per heavy atom. The Morgan fingerprint density at radius 1 is 0.857 bits per heavy atom. The van der Waals surface area contributed by atoms with E-state index < -0.39 is 24.0 Å². The SMILES string of the molecule is CC(C)(C)c1ccc(Oc2ccc3c(c2)CCN(C(=O)CC2CCCC2)C3C(=O)N[C@@H](Cc2ccc(-c3ccccc3)cc2)C(=O)O)cc1. The summed E-state index contributed by atoms with van der Waals surface area (Å²) in [5, 5.41) is 13.0. The van der Waals surface area contributed by atoms with E-state index in [9.17, 15) is 19.5 Å². The highest BCUT2D eigenvalue weighted by Gasteiger charge is 2.38. The molecule has 0 aromatic heterocycles. The fraction of sp³-hybridized carbons (Fsp3) is 0.357. The van der Waals surface area contributed by atoms with Crippen LogP contribution in [0.1, 0.15) is 81.2 Å². The highest BCUT2D eigenvalue weighted by molar-refractivity contribution is 5.92. The monoisotopic (exact) mass is 658 g/mol. The molecular formula is C42H46N2O5. The molecule has 0 radical (unpaired) electrons. The molecule has 254 valence electrons. The second kappa shape index (κ2) is 14.7. The van der Waals surface area contributed by atoms with Crippen LogP contribution in [0.25, 0.3) is 11.1 Å². The summed E-state index contributed by atoms with van der Waals surface area (Å²) in [5.41, 5.74) is 5.76. The van der Waals surface area contributed by atoms with Crippen LogP contribution in [0.4, 0.5) is 0 Å². The molecule has 0 bridgehead atoms. The van der Waals surface area contributed by atoms with Crippen molar-refractivity contribution in [1.82, 2.24) is 10.2 Å². The number of carbonyl (C=O) groups excluding carboxylic acids is 2. The molecule has 0 spiro atoms. The highest BCUT2D eigenvalue weighted by atomic mass is 16.5. The molecule has 1 aliphatic heterocycles. The van der Waals surface area contributed by atoms with Crippen molar-refractivity contribution in [2.24, 2.45) is 5.92 Å². The van der Waals surface area contributed by atoms with Crippen molar-refractivity contribution >= 4 is 17.8 Å². The van der Waals surface area contributed by atoms with E-state index in [1.165, 1.54) is 5.56 Å². The number of benzene rings is 4. The van der Waals surface area contributed by atoms with Crippen LogP contribution in [0, 0.1) is 5.92 Å². The van der Waals surface area contributed by atoms with Gasteiger partial charge in [-0.05, 0) is 88.2 Å². The summed E-state index contributed by atoms with van der Waals surface area (Å²) < 4.78 is 6.21. The van der Waals surface area contributed by atoms with E-state index in [1.54, 1.807) is 4.90 Å². The number of hydrogen-bond acceptors (Lipinski definition) is 4. The summed E-state index contributed by atoms with van der Waals surface area (Å²) in [7, 11) is 0. The molecule has 2 N–H and O–H groups in total. The fourth-order valence-corrected chi connectivity index (χ4v) is 7.11. The Labute approximate surface area is 289 Å². The summed E-state index contributed by atoms with van der Waals surface area (Å²) >= 11 is 0. The standard InChI is InChI=1S/C42H46N2O5/c1-42(2,3)33-17-19-34(20-18-33)49-35-21-22-36-32(27-35)23-24-44(38(45)26-28-9-7-8-10-28)39(36)40(46)43-37(41(47)48)25-29-13-15-31(16-14-29)30-11-5-4-6-12-30/h4-6,11-22,27-28,37,39H,7-10,23-26H2,1-3H3,(H,43,46)(H,47,48)/t37-,39?/m0/s1. The maximum absolute atomic E-state index is 14.1. The van der Waals surface area contributed by atoms with Gasteiger partial charge < -0.3 is 20.1 Å². The molecule has 2 aliphatic rings. The summed E-state index contributed by atoms with van der Waals surface area (Å²) in [6.07, 6.45) is 5.39. The molecular weight excluding hydrogens is 612 g/mol. The molecule has 6 rings (SSSR count). The highest BCUT2D eigenvalue weighted by Crippen LogP contribution is 2.36. The van der Waals surface area contributed by atoms with Crippen LogP contribution in [0.15, 0.2) is 97.1 Å². The van der Waals surface area contributed by atoms with Crippen molar-refractivity contribution in [3.8, 4) is 22.6 Å². The first-order chi connectivity index (χ1) is 23.5. The predicted octanol–water partition coefficient (Wildman–Crippen LogP) is 8.26. The van der Waals surface area contributed by atoms with Crippen LogP contribution in [-0.2, 0) is 32.6 Å². The van der Waals surface area contributed by atoms with E-state index in [1.807, 2.05) is 84.9 Å². The molecule has 2 amide bonds. The lowest BCUT2D eigenvalue weighted by Crippen LogP contribution is -2.51. The van der Waals surface area contributed by atoms with Crippen molar-refractivity contribution in [2.45, 2.75) is 83.2 Å². The Morgan fingerprint density at radius 3 is 2.16 bits per heavy atom. The maximum Gasteiger partial charge on any atom is 0.326 e. The van der Waals surface area contributed by atoms with Gasteiger partial charge in [-0.1, -0.05) is 106 Å². The van der Waals surface area contributed by atoms with Crippen LogP contribution in [-0.4, -0.2) is 40.4 Å². The van der Waals surface area contributed by atoms with Crippen LogP contribution >= 0.6 is 0 Å². The summed E-state index contributed by atoms with van der Waals surface area (Å²) in [6.45, 7) is 6.88. The Balaban J connectivity index is 1.23. The number of rotatable bonds is 10. The number of carboxylic acid groups (broad SMARTS) is 1. The minimum Gasteiger partial charge on any atom is -0.480 e. The number of aliphatic carboxylic acids is 1. The molecule has 1 fully saturated rings. The molecule has 4 aromatic carbocycles. The van der Waals surface area contributed by atoms with Crippen molar-refractivity contribution in [3.05, 3.63) is 119 Å². The molecule has 2 atom stereocenters. The zero-order chi connectivity index (χ0) is 34.5. The van der Waals surface area contributed by atoms with Gasteiger partial charge in [0.1, 0.15) is 23.6 Å². The number of amides is 2. The lowest BCUT2D eigenvalue weighted by atomic mass is 9.87. The van der Waals surface area contributed by atoms with Gasteiger partial charge in [-0.25, -0.2) is 4.79 Å². The van der Waals surface area contributed by atoms with Gasteiger partial charge in [-0.15, -0.1) is 0 Å². The lowest BCUT2D eigenvalue weighted by Gasteiger charge is -2.37. The van der Waals surface area contributed by atoms with E-state index in [4.69, 9.17) is 4.74 Å². The molecule has 0 saturated heterocycles. The minimum absolute atomic E-state index is 0.0354. The van der Waals surface area contributed by atoms with Crippen LogP contribution in [0.5, 0.6) is 11.5 Å². The van der Waals surface area contributed by atoms with Gasteiger partial charge in [-0.2, -0.15) is 0 Å². The second-order valence-corrected chi connectivity index (χ2v) is 14.5. The first kappa shape index (κ1) is 34.0. The topological polar surface area (TPSA) is 95.9 Å². The van der Waals surface area contributed by atoms with E-state index in [0.717, 1.165) is 47.9 Å². The largest absolute Gasteiger partial charge is 0.480 e. The summed E-state index contributed by atoms with van der Waals surface area (Å²) in [4.78, 5) is 42.0. The Hall–Kier alpha value is -4.91. The first-order valence-electron chi connectivity index (χ1n) is 17.4. The van der Waals surface area contributed by atoms with Crippen LogP contribution in [0.3, 0.4) is 0 Å². The third kappa shape index (κ3) is 8.22. The predicted molar refractivity (Wildman–Crippen MR) is 192 cm³/mol. The normalized spacial score (nSPS) is 16.9. The van der Waals surface area contributed by atoms with Crippen LogP contribution in [0.2, 0.25) is 0 Å². The smallest absolute Gasteiger partial charge is 0.326 e. The zero-order valence-corrected chi connectivity index (χ0v) is 28.7. The number of fused-ring (bicyclic) bond motifs is 1. The summed E-state index contributed by atoms with van der Waals surface area (Å²) in [5.74, 6) is 0.0214. The van der Waals surface area contributed by atoms with Crippen molar-refractivity contribution in [1.29, 1.82) is 0 Å². The summed E-state index contributed by atoms with van der Waals surface area (Å²) in [6, 6.07) is 29.3. The molecule has 49 heavy (non-hydrogen) atoms. The maximum atomic E-state index is 14.1. The van der Waals surface area contributed by atoms with Crippen molar-refractivity contribution in [2.75, 3.05) is 6.54 Å². The number of hydrogen-bond donors (Lipinski definition) is 2. The zero-order valence-electron chi connectivity index (χ0n) is 28.7. The molecule has 1 saturated carbocycles. The van der Waals surface area contributed by atoms with Gasteiger partial charge in [0.25, 0.3) is 0 Å². The number of carbonyl (C=O) groups is 3. The van der Waals surface area contributed by atoms with Gasteiger partial charge in [0.2, 0.25) is 11.8 Å². The van der Waals surface area contributed by atoms with E-state index in [2.05, 4.69) is 38.2 Å². The third-order valence-electron chi connectivity index (χ3n) is 9.92. The van der Waals surface area contributed by atoms with E-state index >= 15 is 0 Å². The average Bonchev–Trinajstić information content (AvgIpc) is 3.61. The third-order valence-corrected chi connectivity index (χ3v) is 9.92. The number of nitrogens with zero attached hydrogens (tertiary/aromatic N) is 1. The molecule has 1 aliphatic carbocycles. The lowest BCUT2D eigenvalue weighted by molar-refractivity contribution is -0.145. The second-order valence-electron chi connectivity index (χ2n) is 14.5. The minimum atomic E-state index is -1.16. The van der Waals surface area contributed by atoms with Gasteiger partial charge in [0.15, 0.2) is 0 Å². The van der Waals surface area contributed by atoms with Crippen molar-refractivity contribution in [3.63, 3.8) is 0 Å². The van der Waals surface area contributed by atoms with E-state index in [0.29, 0.717) is 42.4 Å². The fourth-order valence-electron chi connectivity index (χ4n) is 7.11. The van der Waals surface area contributed by atoms with Gasteiger partial charge in [0, 0.05) is 19.4 Å². The Kier molecular flexibility index (Phi) is 10.2. The van der Waals surface area contributed by atoms with Crippen LogP contribution < -0.4 is 10.1 Å². The van der Waals surface area contributed by atoms with Gasteiger partial charge >= 0.3 is 5.97 Å². The molecule has 4 aromatic rings.